The summed E-state index contributed by atoms with van der Waals surface area (Å²) < 4.78 is 0. The van der Waals surface area contributed by atoms with Crippen LogP contribution < -0.4 is 0 Å². The van der Waals surface area contributed by atoms with E-state index in [1.54, 1.807) is 0 Å². The minimum Gasteiger partial charge on any atom is -0.0620 e. The van der Waals surface area contributed by atoms with Crippen LogP contribution >= 0.6 is 0 Å². The Morgan fingerprint density at radius 3 is 1.13 bits per heavy atom. The van der Waals surface area contributed by atoms with Gasteiger partial charge in [-0.2, -0.15) is 0 Å². The van der Waals surface area contributed by atoms with Gasteiger partial charge in [0, 0.05) is 0 Å². The fraction of sp³-hybridized carbons (Fsp3) is 0.0769. The molecule has 0 unspecified atom stereocenters. The molecular formula is C39H28. The number of aryl methyl sites for hydroxylation is 2. The second kappa shape index (κ2) is 8.16. The molecule has 0 saturated carbocycles. The van der Waals surface area contributed by atoms with Crippen LogP contribution in [0.5, 0.6) is 0 Å². The largest absolute Gasteiger partial charge is 0.0725 e. The van der Waals surface area contributed by atoms with Crippen LogP contribution in [0, 0.1) is 13.8 Å². The second-order valence-electron chi connectivity index (χ2n) is 11.0. The fourth-order valence-electron chi connectivity index (χ4n) is 7.27. The van der Waals surface area contributed by atoms with Gasteiger partial charge >= 0.3 is 0 Å². The van der Waals surface area contributed by atoms with Crippen LogP contribution in [0.1, 0.15) is 33.4 Å². The molecule has 0 saturated heterocycles. The molecule has 0 aliphatic heterocycles. The van der Waals surface area contributed by atoms with Gasteiger partial charge in [0.2, 0.25) is 0 Å². The number of benzene rings is 6. The first kappa shape index (κ1) is 22.3. The predicted octanol–water partition coefficient (Wildman–Crippen LogP) is 9.98. The Morgan fingerprint density at radius 1 is 0.333 bits per heavy atom. The molecule has 1 spiro atoms. The van der Waals surface area contributed by atoms with Crippen LogP contribution in [0.15, 0.2) is 133 Å². The smallest absolute Gasteiger partial charge is 0.0620 e. The summed E-state index contributed by atoms with van der Waals surface area (Å²) in [6.07, 6.45) is 0. The van der Waals surface area contributed by atoms with Gasteiger partial charge in [-0.05, 0) is 104 Å². The van der Waals surface area contributed by atoms with Gasteiger partial charge in [-0.25, -0.2) is 0 Å². The summed E-state index contributed by atoms with van der Waals surface area (Å²) in [5.74, 6) is 0. The summed E-state index contributed by atoms with van der Waals surface area (Å²) >= 11 is 0. The quantitative estimate of drug-likeness (QED) is 0.223. The predicted molar refractivity (Wildman–Crippen MR) is 163 cm³/mol. The molecule has 2 aliphatic rings. The zero-order valence-corrected chi connectivity index (χ0v) is 22.2. The maximum atomic E-state index is 2.48. The SMILES string of the molecule is Cc1ccccc1-c1ccc2c(c1)C1(c3ccccc3-2)c2ccccc2-c2ccc(-c3ccccc3C)cc21. The van der Waals surface area contributed by atoms with E-state index in [4.69, 9.17) is 0 Å². The lowest BCUT2D eigenvalue weighted by Gasteiger charge is -2.31. The van der Waals surface area contributed by atoms with Crippen LogP contribution in [0.4, 0.5) is 0 Å². The van der Waals surface area contributed by atoms with Gasteiger partial charge in [-0.1, -0.05) is 121 Å². The highest BCUT2D eigenvalue weighted by Gasteiger charge is 2.51. The Bertz CT molecular complexity index is 1790. The standard InChI is InChI=1S/C39H28/c1-25-11-3-5-13-29(25)27-19-21-33-31-15-7-9-17-35(31)39(37(33)23-27)36-18-10-8-16-32(36)34-22-20-28(24-38(34)39)30-14-6-4-12-26(30)2/h3-24H,1-2H3. The van der Waals surface area contributed by atoms with Crippen LogP contribution in [0.3, 0.4) is 0 Å². The zero-order valence-electron chi connectivity index (χ0n) is 22.2. The third kappa shape index (κ3) is 2.95. The van der Waals surface area contributed by atoms with E-state index >= 15 is 0 Å². The van der Waals surface area contributed by atoms with Gasteiger partial charge in [0.05, 0.1) is 5.41 Å². The highest BCUT2D eigenvalue weighted by atomic mass is 14.5. The molecule has 0 nitrogen and oxygen atoms in total. The molecule has 2 aliphatic carbocycles. The maximum Gasteiger partial charge on any atom is 0.0725 e. The molecule has 8 rings (SSSR count). The minimum atomic E-state index is -0.352. The van der Waals surface area contributed by atoms with E-state index < -0.39 is 0 Å². The van der Waals surface area contributed by atoms with Crippen LogP contribution in [-0.4, -0.2) is 0 Å². The van der Waals surface area contributed by atoms with E-state index in [2.05, 4.69) is 147 Å². The van der Waals surface area contributed by atoms with Crippen LogP contribution in [0.25, 0.3) is 44.5 Å². The molecule has 0 radical (unpaired) electrons. The first-order valence-corrected chi connectivity index (χ1v) is 13.8. The Labute approximate surface area is 230 Å². The van der Waals surface area contributed by atoms with Gasteiger partial charge in [-0.15, -0.1) is 0 Å². The van der Waals surface area contributed by atoms with Gasteiger partial charge < -0.3 is 0 Å². The van der Waals surface area contributed by atoms with E-state index in [9.17, 15) is 0 Å². The van der Waals surface area contributed by atoms with Crippen molar-refractivity contribution in [3.05, 3.63) is 167 Å². The van der Waals surface area contributed by atoms with Crippen molar-refractivity contribution in [2.45, 2.75) is 19.3 Å². The lowest BCUT2D eigenvalue weighted by atomic mass is 9.70. The zero-order chi connectivity index (χ0) is 26.1. The van der Waals surface area contributed by atoms with Crippen molar-refractivity contribution in [1.82, 2.24) is 0 Å². The first-order chi connectivity index (χ1) is 19.2. The lowest BCUT2D eigenvalue weighted by molar-refractivity contribution is 0.794. The first-order valence-electron chi connectivity index (χ1n) is 13.8. The molecule has 39 heavy (non-hydrogen) atoms. The highest BCUT2D eigenvalue weighted by Crippen LogP contribution is 2.63. The third-order valence-corrected chi connectivity index (χ3v) is 9.00. The summed E-state index contributed by atoms with van der Waals surface area (Å²) in [6, 6.07) is 49.9. The second-order valence-corrected chi connectivity index (χ2v) is 11.0. The van der Waals surface area contributed by atoms with E-state index in [1.165, 1.54) is 77.9 Å². The Morgan fingerprint density at radius 2 is 0.692 bits per heavy atom. The van der Waals surface area contributed by atoms with Crippen molar-refractivity contribution < 1.29 is 0 Å². The van der Waals surface area contributed by atoms with Gasteiger partial charge in [0.25, 0.3) is 0 Å². The molecule has 0 heteroatoms. The van der Waals surface area contributed by atoms with Crippen molar-refractivity contribution in [2.24, 2.45) is 0 Å². The number of rotatable bonds is 2. The monoisotopic (exact) mass is 496 g/mol. The summed E-state index contributed by atoms with van der Waals surface area (Å²) in [7, 11) is 0. The Kier molecular flexibility index (Phi) is 4.67. The molecular weight excluding hydrogens is 468 g/mol. The normalized spacial score (nSPS) is 13.6. The Hall–Kier alpha value is -4.68. The summed E-state index contributed by atoms with van der Waals surface area (Å²) in [6.45, 7) is 4.42. The van der Waals surface area contributed by atoms with Crippen molar-refractivity contribution in [1.29, 1.82) is 0 Å². The fourth-order valence-corrected chi connectivity index (χ4v) is 7.27. The molecule has 0 N–H and O–H groups in total. The van der Waals surface area contributed by atoms with Gasteiger partial charge in [0.15, 0.2) is 0 Å². The van der Waals surface area contributed by atoms with E-state index in [0.717, 1.165) is 0 Å². The topological polar surface area (TPSA) is 0 Å². The Balaban J connectivity index is 1.49. The van der Waals surface area contributed by atoms with Crippen molar-refractivity contribution in [3.63, 3.8) is 0 Å². The summed E-state index contributed by atoms with van der Waals surface area (Å²) in [5.41, 5.74) is 18.3. The highest BCUT2D eigenvalue weighted by molar-refractivity contribution is 5.96. The maximum absolute atomic E-state index is 2.48. The van der Waals surface area contributed by atoms with E-state index in [0.29, 0.717) is 0 Å². The molecule has 0 atom stereocenters. The van der Waals surface area contributed by atoms with Crippen molar-refractivity contribution in [2.75, 3.05) is 0 Å². The molecule has 0 bridgehead atoms. The third-order valence-electron chi connectivity index (χ3n) is 9.00. The number of fused-ring (bicyclic) bond motifs is 10. The minimum absolute atomic E-state index is 0.352. The molecule has 184 valence electrons. The number of hydrogen-bond acceptors (Lipinski definition) is 0. The number of hydrogen-bond donors (Lipinski definition) is 0. The van der Waals surface area contributed by atoms with Crippen LogP contribution in [-0.2, 0) is 5.41 Å². The summed E-state index contributed by atoms with van der Waals surface area (Å²) in [4.78, 5) is 0. The average Bonchev–Trinajstić information content (AvgIpc) is 3.44. The average molecular weight is 497 g/mol. The summed E-state index contributed by atoms with van der Waals surface area (Å²) in [5, 5.41) is 0. The van der Waals surface area contributed by atoms with E-state index in [1.807, 2.05) is 0 Å². The van der Waals surface area contributed by atoms with Gasteiger partial charge in [0.1, 0.15) is 0 Å². The molecule has 0 aromatic heterocycles. The van der Waals surface area contributed by atoms with Crippen molar-refractivity contribution >= 4 is 0 Å². The molecule has 0 fully saturated rings. The van der Waals surface area contributed by atoms with Gasteiger partial charge in [-0.3, -0.25) is 0 Å². The van der Waals surface area contributed by atoms with Crippen molar-refractivity contribution in [3.8, 4) is 44.5 Å². The van der Waals surface area contributed by atoms with E-state index in [-0.39, 0.29) is 5.41 Å². The molecule has 0 amide bonds. The molecule has 6 aromatic carbocycles. The van der Waals surface area contributed by atoms with Crippen LogP contribution in [0.2, 0.25) is 0 Å². The lowest BCUT2D eigenvalue weighted by Crippen LogP contribution is -2.26. The molecule has 0 heterocycles. The molecule has 6 aromatic rings.